The van der Waals surface area contributed by atoms with Crippen molar-refractivity contribution in [1.82, 2.24) is 0 Å². The number of ether oxygens (including phenoxy) is 2. The molecule has 0 saturated carbocycles. The topological polar surface area (TPSA) is 67.8 Å². The number of benzene rings is 3. The van der Waals surface area contributed by atoms with Crippen LogP contribution in [0.4, 0.5) is 11.4 Å². The largest absolute Gasteiger partial charge is 0.478 e. The molecule has 2 N–H and O–H groups in total. The second kappa shape index (κ2) is 8.48. The summed E-state index contributed by atoms with van der Waals surface area (Å²) in [5.74, 6) is -0.160. The third-order valence-corrected chi connectivity index (χ3v) is 5.29. The number of aliphatic carboxylic acids is 1. The van der Waals surface area contributed by atoms with E-state index >= 15 is 0 Å². The van der Waals surface area contributed by atoms with Crippen molar-refractivity contribution in [1.29, 1.82) is 0 Å². The van der Waals surface area contributed by atoms with Crippen LogP contribution >= 0.6 is 34.8 Å². The zero-order chi connectivity index (χ0) is 21.3. The zero-order valence-electron chi connectivity index (χ0n) is 15.3. The van der Waals surface area contributed by atoms with Crippen LogP contribution in [0.15, 0.2) is 54.6 Å². The smallest absolute Gasteiger partial charge is 0.336 e. The Labute approximate surface area is 187 Å². The van der Waals surface area contributed by atoms with Crippen LogP contribution in [0, 0.1) is 0 Å². The van der Waals surface area contributed by atoms with E-state index in [-0.39, 0.29) is 17.4 Å². The highest BCUT2D eigenvalue weighted by molar-refractivity contribution is 6.36. The highest BCUT2D eigenvalue weighted by atomic mass is 35.5. The lowest BCUT2D eigenvalue weighted by Crippen LogP contribution is -2.00. The van der Waals surface area contributed by atoms with Crippen molar-refractivity contribution in [3.63, 3.8) is 0 Å². The Kier molecular flexibility index (Phi) is 5.77. The molecule has 3 aromatic carbocycles. The van der Waals surface area contributed by atoms with E-state index in [1.54, 1.807) is 48.5 Å². The molecule has 5 nitrogen and oxygen atoms in total. The molecule has 4 rings (SSSR count). The number of hydrogen-bond donors (Lipinski definition) is 2. The summed E-state index contributed by atoms with van der Waals surface area (Å²) in [7, 11) is 0. The molecule has 1 aliphatic heterocycles. The molecule has 0 saturated heterocycles. The minimum absolute atomic E-state index is 0.0388. The van der Waals surface area contributed by atoms with E-state index in [2.05, 4.69) is 5.32 Å². The Bertz CT molecular complexity index is 1160. The van der Waals surface area contributed by atoms with Gasteiger partial charge in [-0.1, -0.05) is 46.9 Å². The number of halogens is 3. The summed E-state index contributed by atoms with van der Waals surface area (Å²) in [5, 5.41) is 14.3. The number of carboxylic acids is 1. The van der Waals surface area contributed by atoms with E-state index in [9.17, 15) is 9.90 Å². The molecule has 3 aromatic rings. The van der Waals surface area contributed by atoms with Crippen molar-refractivity contribution in [2.75, 3.05) is 12.1 Å². The Morgan fingerprint density at radius 3 is 2.33 bits per heavy atom. The predicted octanol–water partition coefficient (Wildman–Crippen LogP) is 6.74. The average molecular weight is 463 g/mol. The fourth-order valence-electron chi connectivity index (χ4n) is 2.96. The van der Waals surface area contributed by atoms with Crippen LogP contribution in [-0.2, 0) is 4.79 Å². The fraction of sp³-hybridized carbons (Fsp3) is 0.0455. The number of hydrogen-bond acceptors (Lipinski definition) is 4. The highest BCUT2D eigenvalue weighted by Crippen LogP contribution is 2.39. The first kappa shape index (κ1) is 20.4. The monoisotopic (exact) mass is 461 g/mol. The van der Waals surface area contributed by atoms with Crippen molar-refractivity contribution in [2.45, 2.75) is 0 Å². The molecular weight excluding hydrogens is 449 g/mol. The first-order chi connectivity index (χ1) is 14.4. The number of fused-ring (bicyclic) bond motifs is 1. The average Bonchev–Trinajstić information content (AvgIpc) is 3.16. The molecular formula is C22H14Cl3NO4. The van der Waals surface area contributed by atoms with Gasteiger partial charge in [-0.3, -0.25) is 0 Å². The van der Waals surface area contributed by atoms with Gasteiger partial charge in [0, 0.05) is 22.3 Å². The van der Waals surface area contributed by atoms with Crippen molar-refractivity contribution in [3.8, 4) is 11.5 Å². The normalized spacial score (nSPS) is 12.7. The second-order valence-electron chi connectivity index (χ2n) is 6.42. The summed E-state index contributed by atoms with van der Waals surface area (Å²) in [6.07, 6.45) is 1.54. The molecule has 30 heavy (non-hydrogen) atoms. The van der Waals surface area contributed by atoms with E-state index in [0.717, 1.165) is 5.69 Å². The number of carbonyl (C=O) groups is 1. The van der Waals surface area contributed by atoms with Crippen LogP contribution in [0.1, 0.15) is 11.1 Å². The summed E-state index contributed by atoms with van der Waals surface area (Å²) in [6.45, 7) is 0.0757. The van der Waals surface area contributed by atoms with Gasteiger partial charge < -0.3 is 19.9 Å². The Hall–Kier alpha value is -2.86. The van der Waals surface area contributed by atoms with Gasteiger partial charge in [0.15, 0.2) is 11.5 Å². The van der Waals surface area contributed by atoms with Crippen molar-refractivity contribution < 1.29 is 19.4 Å². The number of anilines is 2. The molecule has 1 heterocycles. The Balaban J connectivity index is 1.63. The summed E-state index contributed by atoms with van der Waals surface area (Å²) < 4.78 is 10.6. The zero-order valence-corrected chi connectivity index (χ0v) is 17.6. The van der Waals surface area contributed by atoms with Gasteiger partial charge in [0.2, 0.25) is 6.79 Å². The molecule has 0 unspecified atom stereocenters. The molecule has 0 fully saturated rings. The molecule has 0 radical (unpaired) electrons. The maximum Gasteiger partial charge on any atom is 0.336 e. The van der Waals surface area contributed by atoms with Crippen LogP contribution in [0.5, 0.6) is 11.5 Å². The maximum absolute atomic E-state index is 11.9. The van der Waals surface area contributed by atoms with E-state index in [4.69, 9.17) is 44.3 Å². The Morgan fingerprint density at radius 1 is 0.933 bits per heavy atom. The third-order valence-electron chi connectivity index (χ3n) is 4.41. The molecule has 1 aliphatic rings. The summed E-state index contributed by atoms with van der Waals surface area (Å²) in [5.41, 5.74) is 2.52. The van der Waals surface area contributed by atoms with E-state index in [1.807, 2.05) is 12.1 Å². The van der Waals surface area contributed by atoms with Gasteiger partial charge >= 0.3 is 5.97 Å². The molecule has 0 aromatic heterocycles. The number of rotatable bonds is 5. The van der Waals surface area contributed by atoms with Crippen LogP contribution in [0.25, 0.3) is 11.6 Å². The maximum atomic E-state index is 11.9. The molecule has 0 aliphatic carbocycles. The lowest BCUT2D eigenvalue weighted by molar-refractivity contribution is -0.130. The summed E-state index contributed by atoms with van der Waals surface area (Å²) >= 11 is 18.5. The van der Waals surface area contributed by atoms with Crippen molar-refractivity contribution >= 4 is 63.8 Å². The summed E-state index contributed by atoms with van der Waals surface area (Å²) in [6, 6.07) is 15.4. The third kappa shape index (κ3) is 4.33. The second-order valence-corrected chi connectivity index (χ2v) is 7.67. The molecule has 0 bridgehead atoms. The van der Waals surface area contributed by atoms with Gasteiger partial charge in [-0.2, -0.15) is 0 Å². The van der Waals surface area contributed by atoms with Gasteiger partial charge in [-0.15, -0.1) is 0 Å². The van der Waals surface area contributed by atoms with Crippen LogP contribution in [0.2, 0.25) is 15.1 Å². The van der Waals surface area contributed by atoms with E-state index in [0.29, 0.717) is 38.4 Å². The quantitative estimate of drug-likeness (QED) is 0.324. The van der Waals surface area contributed by atoms with E-state index < -0.39 is 5.97 Å². The van der Waals surface area contributed by atoms with Crippen LogP contribution in [-0.4, -0.2) is 17.9 Å². The van der Waals surface area contributed by atoms with E-state index in [1.165, 1.54) is 0 Å². The first-order valence-electron chi connectivity index (χ1n) is 8.77. The van der Waals surface area contributed by atoms with Gasteiger partial charge in [-0.25, -0.2) is 4.79 Å². The van der Waals surface area contributed by atoms with Gasteiger partial charge in [0.1, 0.15) is 0 Å². The highest BCUT2D eigenvalue weighted by Gasteiger charge is 2.21. The lowest BCUT2D eigenvalue weighted by Gasteiger charge is -2.10. The van der Waals surface area contributed by atoms with Crippen molar-refractivity contribution in [2.24, 2.45) is 0 Å². The molecule has 0 amide bonds. The standard InChI is InChI=1S/C22H14Cl3NO4/c23-13-3-6-17(24)19(8-13)26-14-4-1-12(2-5-14)7-16(22(27)28)15-9-20-21(10-18(15)25)30-11-29-20/h1-10,26H,11H2,(H,27,28)/b16-7+. The molecule has 8 heteroatoms. The fourth-order valence-corrected chi connectivity index (χ4v) is 3.55. The molecule has 0 atom stereocenters. The van der Waals surface area contributed by atoms with Crippen molar-refractivity contribution in [3.05, 3.63) is 80.8 Å². The number of carboxylic acid groups (broad SMARTS) is 1. The lowest BCUT2D eigenvalue weighted by atomic mass is 10.0. The number of nitrogens with one attached hydrogen (secondary N) is 1. The molecule has 0 spiro atoms. The minimum atomic E-state index is -1.11. The van der Waals surface area contributed by atoms with Crippen LogP contribution < -0.4 is 14.8 Å². The SMILES string of the molecule is O=C(O)/C(=C/c1ccc(Nc2cc(Cl)ccc2Cl)cc1)c1cc2c(cc1Cl)OCO2. The van der Waals surface area contributed by atoms with Crippen LogP contribution in [0.3, 0.4) is 0 Å². The van der Waals surface area contributed by atoms with Gasteiger partial charge in [-0.05, 0) is 48.0 Å². The van der Waals surface area contributed by atoms with Gasteiger partial charge in [0.25, 0.3) is 0 Å². The predicted molar refractivity (Wildman–Crippen MR) is 119 cm³/mol. The first-order valence-corrected chi connectivity index (χ1v) is 9.91. The molecule has 152 valence electrons. The minimum Gasteiger partial charge on any atom is -0.478 e. The Morgan fingerprint density at radius 2 is 1.63 bits per heavy atom. The van der Waals surface area contributed by atoms with Gasteiger partial charge in [0.05, 0.1) is 21.3 Å². The summed E-state index contributed by atoms with van der Waals surface area (Å²) in [4.78, 5) is 11.9.